The molecule has 0 bridgehead atoms. The molecule has 1 saturated heterocycles. The third kappa shape index (κ3) is 3.73. The first-order chi connectivity index (χ1) is 12.3. The van der Waals surface area contributed by atoms with Crippen LogP contribution in [0, 0.1) is 0 Å². The molecule has 2 aliphatic rings. The molecule has 1 fully saturated rings. The smallest absolute Gasteiger partial charge is 0.234 e. The van der Waals surface area contributed by atoms with Crippen molar-refractivity contribution in [3.05, 3.63) is 65.2 Å². The first-order valence-corrected chi connectivity index (χ1v) is 9.69. The Kier molecular flexibility index (Phi) is 5.06. The number of carbonyl (C=O) groups is 1. The van der Waals surface area contributed by atoms with E-state index in [0.717, 1.165) is 18.8 Å². The quantitative estimate of drug-likeness (QED) is 0.920. The van der Waals surface area contributed by atoms with Gasteiger partial charge in [0, 0.05) is 23.7 Å². The van der Waals surface area contributed by atoms with Crippen LogP contribution in [0.1, 0.15) is 22.7 Å². The van der Waals surface area contributed by atoms with Crippen LogP contribution >= 0.6 is 11.8 Å². The maximum Gasteiger partial charge on any atom is 0.234 e. The lowest BCUT2D eigenvalue weighted by Crippen LogP contribution is -2.44. The van der Waals surface area contributed by atoms with Gasteiger partial charge in [0.25, 0.3) is 0 Å². The Hall–Kier alpha value is -1.82. The largest absolute Gasteiger partial charge is 0.379 e. The number of morpholine rings is 1. The summed E-state index contributed by atoms with van der Waals surface area (Å²) in [6.07, 6.45) is 0. The average molecular weight is 354 g/mol. The zero-order chi connectivity index (χ0) is 17.1. The van der Waals surface area contributed by atoms with E-state index in [2.05, 4.69) is 58.7 Å². The number of ether oxygens (including phenoxy) is 1. The fourth-order valence-electron chi connectivity index (χ4n) is 3.45. The molecule has 2 aromatic carbocycles. The molecule has 25 heavy (non-hydrogen) atoms. The molecule has 0 saturated carbocycles. The first kappa shape index (κ1) is 16.6. The van der Waals surface area contributed by atoms with Crippen molar-refractivity contribution in [1.29, 1.82) is 0 Å². The van der Waals surface area contributed by atoms with Gasteiger partial charge in [0.2, 0.25) is 5.91 Å². The lowest BCUT2D eigenvalue weighted by atomic mass is 9.95. The number of benzene rings is 2. The molecular weight excluding hydrogens is 332 g/mol. The molecule has 0 aliphatic carbocycles. The molecule has 0 spiro atoms. The van der Waals surface area contributed by atoms with E-state index in [0.29, 0.717) is 19.8 Å². The summed E-state index contributed by atoms with van der Waals surface area (Å²) in [5.74, 6) is 1.01. The van der Waals surface area contributed by atoms with Gasteiger partial charge in [-0.2, -0.15) is 0 Å². The molecule has 1 atom stereocenters. The highest BCUT2D eigenvalue weighted by Gasteiger charge is 2.25. The van der Waals surface area contributed by atoms with E-state index in [1.807, 2.05) is 11.8 Å². The lowest BCUT2D eigenvalue weighted by molar-refractivity contribution is -0.123. The predicted molar refractivity (Wildman–Crippen MR) is 99.7 cm³/mol. The number of hydrogen-bond donors (Lipinski definition) is 1. The minimum absolute atomic E-state index is 0.0726. The van der Waals surface area contributed by atoms with Crippen molar-refractivity contribution in [1.82, 2.24) is 10.2 Å². The van der Waals surface area contributed by atoms with Crippen molar-refractivity contribution in [3.8, 4) is 0 Å². The van der Waals surface area contributed by atoms with E-state index >= 15 is 0 Å². The molecule has 1 unspecified atom stereocenters. The van der Waals surface area contributed by atoms with Gasteiger partial charge in [0.05, 0.1) is 25.8 Å². The minimum Gasteiger partial charge on any atom is -0.379 e. The highest BCUT2D eigenvalue weighted by Crippen LogP contribution is 2.39. The standard InChI is InChI=1S/C20H22N2O2S/c23-19(13-22-9-11-24-12-10-22)21-20-16-6-2-1-5-15(16)14-25-18-8-4-3-7-17(18)20/h1-8,20H,9-14H2,(H,21,23). The number of carbonyl (C=O) groups excluding carboxylic acids is 1. The third-order valence-electron chi connectivity index (χ3n) is 4.76. The summed E-state index contributed by atoms with van der Waals surface area (Å²) in [5.41, 5.74) is 3.68. The van der Waals surface area contributed by atoms with E-state index in [1.54, 1.807) is 0 Å². The average Bonchev–Trinajstić information content (AvgIpc) is 2.80. The van der Waals surface area contributed by atoms with Crippen molar-refractivity contribution in [2.24, 2.45) is 0 Å². The molecule has 2 aromatic rings. The minimum atomic E-state index is -0.0871. The Morgan fingerprint density at radius 3 is 2.64 bits per heavy atom. The van der Waals surface area contributed by atoms with Crippen molar-refractivity contribution in [2.75, 3.05) is 32.8 Å². The molecule has 1 amide bonds. The Balaban J connectivity index is 1.60. The van der Waals surface area contributed by atoms with Crippen LogP contribution in [0.5, 0.6) is 0 Å². The van der Waals surface area contributed by atoms with E-state index in [9.17, 15) is 4.79 Å². The van der Waals surface area contributed by atoms with Crippen molar-refractivity contribution in [2.45, 2.75) is 16.7 Å². The summed E-state index contributed by atoms with van der Waals surface area (Å²) < 4.78 is 5.36. The van der Waals surface area contributed by atoms with E-state index in [4.69, 9.17) is 4.74 Å². The highest BCUT2D eigenvalue weighted by molar-refractivity contribution is 7.98. The molecular formula is C20H22N2O2S. The topological polar surface area (TPSA) is 41.6 Å². The first-order valence-electron chi connectivity index (χ1n) is 8.70. The SMILES string of the molecule is O=C(CN1CCOCC1)NC1c2ccccc2CSc2ccccc21. The fourth-order valence-corrected chi connectivity index (χ4v) is 4.55. The van der Waals surface area contributed by atoms with Gasteiger partial charge in [-0.05, 0) is 22.8 Å². The number of rotatable bonds is 3. The van der Waals surface area contributed by atoms with Crippen LogP contribution in [-0.4, -0.2) is 43.7 Å². The Labute approximate surface area is 152 Å². The third-order valence-corrected chi connectivity index (χ3v) is 5.89. The highest BCUT2D eigenvalue weighted by atomic mass is 32.2. The van der Waals surface area contributed by atoms with Crippen LogP contribution in [-0.2, 0) is 15.3 Å². The second-order valence-electron chi connectivity index (χ2n) is 6.41. The fraction of sp³-hybridized carbons (Fsp3) is 0.350. The van der Waals surface area contributed by atoms with E-state index in [1.165, 1.54) is 21.6 Å². The number of nitrogens with one attached hydrogen (secondary N) is 1. The molecule has 130 valence electrons. The van der Waals surface area contributed by atoms with Crippen LogP contribution < -0.4 is 5.32 Å². The molecule has 4 nitrogen and oxygen atoms in total. The number of fused-ring (bicyclic) bond motifs is 2. The van der Waals surface area contributed by atoms with Gasteiger partial charge in [-0.15, -0.1) is 11.8 Å². The number of thioether (sulfide) groups is 1. The van der Waals surface area contributed by atoms with E-state index in [-0.39, 0.29) is 11.9 Å². The van der Waals surface area contributed by atoms with Crippen molar-refractivity contribution in [3.63, 3.8) is 0 Å². The predicted octanol–water partition coefficient (Wildman–Crippen LogP) is 2.83. The van der Waals surface area contributed by atoms with Gasteiger partial charge in [-0.3, -0.25) is 9.69 Å². The van der Waals surface area contributed by atoms with Crippen LogP contribution in [0.2, 0.25) is 0 Å². The molecule has 5 heteroatoms. The van der Waals surface area contributed by atoms with E-state index < -0.39 is 0 Å². The van der Waals surface area contributed by atoms with Gasteiger partial charge in [-0.1, -0.05) is 42.5 Å². The second-order valence-corrected chi connectivity index (χ2v) is 7.43. The normalized spacial score (nSPS) is 20.2. The molecule has 4 rings (SSSR count). The lowest BCUT2D eigenvalue weighted by Gasteiger charge is -2.27. The van der Waals surface area contributed by atoms with Gasteiger partial charge in [-0.25, -0.2) is 0 Å². The Bertz CT molecular complexity index is 711. The number of nitrogens with zero attached hydrogens (tertiary/aromatic N) is 1. The van der Waals surface area contributed by atoms with Gasteiger partial charge in [0.15, 0.2) is 0 Å². The maximum atomic E-state index is 12.7. The maximum absolute atomic E-state index is 12.7. The Morgan fingerprint density at radius 1 is 1.08 bits per heavy atom. The van der Waals surface area contributed by atoms with Crippen LogP contribution in [0.25, 0.3) is 0 Å². The van der Waals surface area contributed by atoms with Crippen LogP contribution in [0.3, 0.4) is 0 Å². The van der Waals surface area contributed by atoms with Crippen LogP contribution in [0.15, 0.2) is 53.4 Å². The molecule has 2 heterocycles. The molecule has 0 aromatic heterocycles. The summed E-state index contributed by atoms with van der Waals surface area (Å²) >= 11 is 1.84. The number of hydrogen-bond acceptors (Lipinski definition) is 4. The summed E-state index contributed by atoms with van der Waals surface area (Å²) in [6, 6.07) is 16.7. The second kappa shape index (κ2) is 7.60. The summed E-state index contributed by atoms with van der Waals surface area (Å²) in [5, 5.41) is 3.28. The van der Waals surface area contributed by atoms with Crippen molar-refractivity contribution >= 4 is 17.7 Å². The van der Waals surface area contributed by atoms with Crippen molar-refractivity contribution < 1.29 is 9.53 Å². The summed E-state index contributed by atoms with van der Waals surface area (Å²) in [4.78, 5) is 16.1. The monoisotopic (exact) mass is 354 g/mol. The van der Waals surface area contributed by atoms with Crippen LogP contribution in [0.4, 0.5) is 0 Å². The molecule has 1 N–H and O–H groups in total. The summed E-state index contributed by atoms with van der Waals surface area (Å²) in [6.45, 7) is 3.48. The number of amides is 1. The zero-order valence-electron chi connectivity index (χ0n) is 14.1. The van der Waals surface area contributed by atoms with Gasteiger partial charge in [0.1, 0.15) is 0 Å². The Morgan fingerprint density at radius 2 is 1.80 bits per heavy atom. The molecule has 0 radical (unpaired) electrons. The van der Waals surface area contributed by atoms with Gasteiger partial charge >= 0.3 is 0 Å². The summed E-state index contributed by atoms with van der Waals surface area (Å²) in [7, 11) is 0. The zero-order valence-corrected chi connectivity index (χ0v) is 14.9. The van der Waals surface area contributed by atoms with Gasteiger partial charge < -0.3 is 10.1 Å². The molecule has 2 aliphatic heterocycles.